The monoisotopic (exact) mass is 652 g/mol. The average Bonchev–Trinajstić information content (AvgIpc) is 3.86. The first kappa shape index (κ1) is 29.7. The lowest BCUT2D eigenvalue weighted by Gasteiger charge is -2.36. The normalized spacial score (nSPS) is 19.0. The molecule has 0 saturated heterocycles. The Labute approximate surface area is 298 Å². The van der Waals surface area contributed by atoms with E-state index in [2.05, 4.69) is 189 Å². The van der Waals surface area contributed by atoms with Gasteiger partial charge in [0, 0.05) is 16.2 Å². The molecule has 0 spiro atoms. The summed E-state index contributed by atoms with van der Waals surface area (Å²) in [4.78, 5) is 0. The summed E-state index contributed by atoms with van der Waals surface area (Å²) in [5.41, 5.74) is 17.1. The number of allylic oxidation sites excluding steroid dienone is 10. The summed E-state index contributed by atoms with van der Waals surface area (Å²) >= 11 is 0. The van der Waals surface area contributed by atoms with Gasteiger partial charge in [0.05, 0.1) is 0 Å². The molecule has 0 amide bonds. The molecule has 10 rings (SSSR count). The van der Waals surface area contributed by atoms with Gasteiger partial charge in [-0.25, -0.2) is 0 Å². The van der Waals surface area contributed by atoms with Crippen molar-refractivity contribution in [3.05, 3.63) is 210 Å². The molecule has 0 saturated carbocycles. The largest absolute Gasteiger partial charge is 0.456 e. The van der Waals surface area contributed by atoms with Crippen LogP contribution in [-0.2, 0) is 6.42 Å². The van der Waals surface area contributed by atoms with Crippen LogP contribution in [0.1, 0.15) is 18.1 Å². The highest BCUT2D eigenvalue weighted by molar-refractivity contribution is 6.09. The van der Waals surface area contributed by atoms with E-state index < -0.39 is 0 Å². The van der Waals surface area contributed by atoms with E-state index in [4.69, 9.17) is 4.42 Å². The van der Waals surface area contributed by atoms with Crippen molar-refractivity contribution in [3.63, 3.8) is 0 Å². The third-order valence-corrected chi connectivity index (χ3v) is 11.2. The Morgan fingerprint density at radius 2 is 1.20 bits per heavy atom. The molecular formula is C50H36O. The van der Waals surface area contributed by atoms with Gasteiger partial charge in [0.2, 0.25) is 0 Å². The van der Waals surface area contributed by atoms with Crippen LogP contribution in [0.4, 0.5) is 0 Å². The van der Waals surface area contributed by atoms with Crippen LogP contribution in [0.5, 0.6) is 0 Å². The highest BCUT2D eigenvalue weighted by Gasteiger charge is 2.48. The quantitative estimate of drug-likeness (QED) is 0.174. The lowest BCUT2D eigenvalue weighted by molar-refractivity contribution is 0.522. The van der Waals surface area contributed by atoms with E-state index in [-0.39, 0.29) is 5.41 Å². The number of benzene rings is 6. The lowest BCUT2D eigenvalue weighted by atomic mass is 9.66. The van der Waals surface area contributed by atoms with Gasteiger partial charge in [0.25, 0.3) is 0 Å². The van der Waals surface area contributed by atoms with Crippen molar-refractivity contribution < 1.29 is 4.42 Å². The van der Waals surface area contributed by atoms with E-state index in [0.717, 1.165) is 23.0 Å². The lowest BCUT2D eigenvalue weighted by Crippen LogP contribution is -2.28. The van der Waals surface area contributed by atoms with Crippen molar-refractivity contribution in [2.75, 3.05) is 0 Å². The van der Waals surface area contributed by atoms with E-state index in [1.165, 1.54) is 72.2 Å². The van der Waals surface area contributed by atoms with Crippen LogP contribution >= 0.6 is 0 Å². The number of rotatable bonds is 6. The zero-order chi connectivity index (χ0) is 33.9. The van der Waals surface area contributed by atoms with E-state index in [1.54, 1.807) is 0 Å². The van der Waals surface area contributed by atoms with Crippen LogP contribution < -0.4 is 0 Å². The number of para-hydroxylation sites is 1. The van der Waals surface area contributed by atoms with Crippen LogP contribution in [0.25, 0.3) is 60.9 Å². The molecule has 1 heterocycles. The molecule has 3 aliphatic rings. The van der Waals surface area contributed by atoms with Gasteiger partial charge in [0.15, 0.2) is 0 Å². The Hall–Kier alpha value is -6.18. The molecular weight excluding hydrogens is 617 g/mol. The summed E-state index contributed by atoms with van der Waals surface area (Å²) in [6.45, 7) is 2.36. The summed E-state index contributed by atoms with van der Waals surface area (Å²) in [5.74, 6) is 0.321. The Balaban J connectivity index is 1.27. The molecule has 2 atom stereocenters. The van der Waals surface area contributed by atoms with Gasteiger partial charge in [-0.15, -0.1) is 0 Å². The first-order chi connectivity index (χ1) is 25.2. The fraction of sp³-hybridized carbons (Fsp3) is 0.0800. The molecule has 1 nitrogen and oxygen atoms in total. The van der Waals surface area contributed by atoms with Gasteiger partial charge in [0.1, 0.15) is 11.2 Å². The molecule has 0 aliphatic heterocycles. The fourth-order valence-electron chi connectivity index (χ4n) is 9.00. The Kier molecular flexibility index (Phi) is 6.82. The molecule has 0 N–H and O–H groups in total. The van der Waals surface area contributed by atoms with Crippen molar-refractivity contribution in [2.24, 2.45) is 11.3 Å². The van der Waals surface area contributed by atoms with Gasteiger partial charge in [-0.05, 0) is 109 Å². The molecule has 3 aliphatic carbocycles. The maximum atomic E-state index is 6.60. The number of furan rings is 1. The molecule has 0 fully saturated rings. The SMILES string of the molecule is CC1C=CC2=C1[C@]1(Cc3c(-c4cc(-c5ccccc5)cc(-c5ccccc5)c4)ccc4oc5ccccc5c34)C=CC=CC1=C2c1ccccc1. The van der Waals surface area contributed by atoms with Crippen molar-refractivity contribution >= 4 is 27.5 Å². The molecule has 51 heavy (non-hydrogen) atoms. The van der Waals surface area contributed by atoms with Crippen molar-refractivity contribution in [1.82, 2.24) is 0 Å². The van der Waals surface area contributed by atoms with E-state index >= 15 is 0 Å². The number of hydrogen-bond donors (Lipinski definition) is 0. The summed E-state index contributed by atoms with van der Waals surface area (Å²) < 4.78 is 6.60. The van der Waals surface area contributed by atoms with Crippen LogP contribution in [0, 0.1) is 11.3 Å². The highest BCUT2D eigenvalue weighted by Crippen LogP contribution is 2.60. The predicted octanol–water partition coefficient (Wildman–Crippen LogP) is 13.2. The molecule has 6 aromatic carbocycles. The molecule has 1 aromatic heterocycles. The Morgan fingerprint density at radius 1 is 0.569 bits per heavy atom. The van der Waals surface area contributed by atoms with Gasteiger partial charge < -0.3 is 4.42 Å². The van der Waals surface area contributed by atoms with E-state index in [9.17, 15) is 0 Å². The summed E-state index contributed by atoms with van der Waals surface area (Å²) in [5, 5.41) is 2.37. The zero-order valence-corrected chi connectivity index (χ0v) is 28.5. The van der Waals surface area contributed by atoms with E-state index in [1.807, 2.05) is 0 Å². The second kappa shape index (κ2) is 11.7. The van der Waals surface area contributed by atoms with Crippen LogP contribution in [0.2, 0.25) is 0 Å². The second-order valence-corrected chi connectivity index (χ2v) is 14.1. The Morgan fingerprint density at radius 3 is 1.90 bits per heavy atom. The van der Waals surface area contributed by atoms with Crippen LogP contribution in [0.3, 0.4) is 0 Å². The van der Waals surface area contributed by atoms with Gasteiger partial charge in [-0.2, -0.15) is 0 Å². The summed E-state index contributed by atoms with van der Waals surface area (Å²) in [6, 6.07) is 52.6. The minimum Gasteiger partial charge on any atom is -0.456 e. The molecule has 1 heteroatoms. The molecule has 0 radical (unpaired) electrons. The van der Waals surface area contributed by atoms with Crippen LogP contribution in [0.15, 0.2) is 203 Å². The van der Waals surface area contributed by atoms with Gasteiger partial charge in [-0.1, -0.05) is 159 Å². The van der Waals surface area contributed by atoms with Crippen molar-refractivity contribution in [1.29, 1.82) is 0 Å². The summed E-state index contributed by atoms with van der Waals surface area (Å²) in [7, 11) is 0. The molecule has 7 aromatic rings. The molecule has 242 valence electrons. The first-order valence-electron chi connectivity index (χ1n) is 18.0. The van der Waals surface area contributed by atoms with E-state index in [0.29, 0.717) is 5.92 Å². The maximum Gasteiger partial charge on any atom is 0.135 e. The number of fused-ring (bicyclic) bond motifs is 5. The standard InChI is InChI=1S/C50H36O/c1-33-24-25-42-47(36-19-9-4-10-20-36)44-22-13-14-28-50(44,49(33)42)32-43-40(26-27-46-48(43)41-21-11-12-23-45(41)51-46)39-30-37(34-15-5-2-6-16-34)29-38(31-39)35-17-7-3-8-18-35/h2-31,33H,32H2,1H3/t33?,50-/m0/s1. The minimum absolute atomic E-state index is 0.307. The topological polar surface area (TPSA) is 13.1 Å². The molecule has 0 bridgehead atoms. The second-order valence-electron chi connectivity index (χ2n) is 14.1. The number of hydrogen-bond acceptors (Lipinski definition) is 1. The average molecular weight is 653 g/mol. The smallest absolute Gasteiger partial charge is 0.135 e. The fourth-order valence-corrected chi connectivity index (χ4v) is 9.00. The van der Waals surface area contributed by atoms with Crippen LogP contribution in [-0.4, -0.2) is 0 Å². The third-order valence-electron chi connectivity index (χ3n) is 11.2. The minimum atomic E-state index is -0.307. The van der Waals surface area contributed by atoms with Gasteiger partial charge in [-0.3, -0.25) is 0 Å². The highest BCUT2D eigenvalue weighted by atomic mass is 16.3. The third kappa shape index (κ3) is 4.69. The molecule has 1 unspecified atom stereocenters. The first-order valence-corrected chi connectivity index (χ1v) is 18.0. The van der Waals surface area contributed by atoms with Crippen molar-refractivity contribution in [3.8, 4) is 33.4 Å². The maximum absolute atomic E-state index is 6.60. The zero-order valence-electron chi connectivity index (χ0n) is 28.5. The summed E-state index contributed by atoms with van der Waals surface area (Å²) in [6.07, 6.45) is 14.9. The van der Waals surface area contributed by atoms with Gasteiger partial charge >= 0.3 is 0 Å². The van der Waals surface area contributed by atoms with Crippen molar-refractivity contribution in [2.45, 2.75) is 13.3 Å². The Bertz CT molecular complexity index is 2590. The predicted molar refractivity (Wildman–Crippen MR) is 213 cm³/mol.